The third kappa shape index (κ3) is 3.95. The standard InChI is InChI=1S/C15H18N4OS/c1-15(2,3)10-4-6-11(7-5-10)21-14-17-9-8-12(18-14)13(16)19-20/h4-9,20H,1-3H3,(H2,16,19). The maximum Gasteiger partial charge on any atom is 0.193 e. The first-order valence-electron chi connectivity index (χ1n) is 6.49. The Morgan fingerprint density at radius 1 is 1.19 bits per heavy atom. The third-order valence-electron chi connectivity index (χ3n) is 2.93. The van der Waals surface area contributed by atoms with Gasteiger partial charge in [-0.3, -0.25) is 0 Å². The van der Waals surface area contributed by atoms with Gasteiger partial charge in [-0.1, -0.05) is 38.1 Å². The second kappa shape index (κ2) is 6.13. The van der Waals surface area contributed by atoms with E-state index >= 15 is 0 Å². The Bertz CT molecular complexity index is 647. The maximum absolute atomic E-state index is 8.67. The lowest BCUT2D eigenvalue weighted by Gasteiger charge is -2.18. The summed E-state index contributed by atoms with van der Waals surface area (Å²) in [4.78, 5) is 9.47. The molecule has 0 fully saturated rings. The zero-order chi connectivity index (χ0) is 15.5. The summed E-state index contributed by atoms with van der Waals surface area (Å²) in [6.45, 7) is 6.54. The summed E-state index contributed by atoms with van der Waals surface area (Å²) in [5, 5.41) is 12.2. The lowest BCUT2D eigenvalue weighted by Crippen LogP contribution is -2.15. The summed E-state index contributed by atoms with van der Waals surface area (Å²) in [5.41, 5.74) is 7.34. The Kier molecular flexibility index (Phi) is 4.47. The zero-order valence-electron chi connectivity index (χ0n) is 12.2. The smallest absolute Gasteiger partial charge is 0.193 e. The molecule has 3 N–H and O–H groups in total. The molecular weight excluding hydrogens is 284 g/mol. The highest BCUT2D eigenvalue weighted by atomic mass is 32.2. The van der Waals surface area contributed by atoms with E-state index in [9.17, 15) is 0 Å². The third-order valence-corrected chi connectivity index (χ3v) is 3.82. The highest BCUT2D eigenvalue weighted by Gasteiger charge is 2.13. The highest BCUT2D eigenvalue weighted by molar-refractivity contribution is 7.99. The van der Waals surface area contributed by atoms with Gasteiger partial charge in [-0.05, 0) is 40.9 Å². The fraction of sp³-hybridized carbons (Fsp3) is 0.267. The van der Waals surface area contributed by atoms with Gasteiger partial charge in [0.25, 0.3) is 0 Å². The van der Waals surface area contributed by atoms with E-state index in [-0.39, 0.29) is 11.3 Å². The predicted octanol–water partition coefficient (Wildman–Crippen LogP) is 3.02. The van der Waals surface area contributed by atoms with Crippen molar-refractivity contribution in [3.63, 3.8) is 0 Å². The predicted molar refractivity (Wildman–Crippen MR) is 83.8 cm³/mol. The number of oxime groups is 1. The minimum Gasteiger partial charge on any atom is -0.409 e. The molecule has 0 amide bonds. The Labute approximate surface area is 128 Å². The summed E-state index contributed by atoms with van der Waals surface area (Å²) >= 11 is 1.43. The minimum atomic E-state index is -0.0256. The highest BCUT2D eigenvalue weighted by Crippen LogP contribution is 2.28. The van der Waals surface area contributed by atoms with E-state index in [2.05, 4.69) is 48.0 Å². The second-order valence-electron chi connectivity index (χ2n) is 5.59. The van der Waals surface area contributed by atoms with E-state index in [1.165, 1.54) is 17.3 Å². The SMILES string of the molecule is CC(C)(C)c1ccc(Sc2nccc(/C(N)=N/O)n2)cc1. The van der Waals surface area contributed by atoms with Crippen molar-refractivity contribution in [2.75, 3.05) is 0 Å². The van der Waals surface area contributed by atoms with Crippen molar-refractivity contribution >= 4 is 17.6 Å². The summed E-state index contributed by atoms with van der Waals surface area (Å²) in [6, 6.07) is 9.91. The fourth-order valence-electron chi connectivity index (χ4n) is 1.71. The number of benzene rings is 1. The number of hydrogen-bond acceptors (Lipinski definition) is 5. The largest absolute Gasteiger partial charge is 0.409 e. The van der Waals surface area contributed by atoms with Gasteiger partial charge in [0, 0.05) is 11.1 Å². The number of hydrogen-bond donors (Lipinski definition) is 2. The molecule has 0 spiro atoms. The molecular formula is C15H18N4OS. The van der Waals surface area contributed by atoms with Gasteiger partial charge in [-0.15, -0.1) is 0 Å². The van der Waals surface area contributed by atoms with Crippen molar-refractivity contribution in [2.24, 2.45) is 10.9 Å². The first-order chi connectivity index (χ1) is 9.90. The van der Waals surface area contributed by atoms with Crippen LogP contribution in [0.1, 0.15) is 32.0 Å². The van der Waals surface area contributed by atoms with Crippen molar-refractivity contribution in [3.05, 3.63) is 47.8 Å². The Balaban J connectivity index is 2.19. The van der Waals surface area contributed by atoms with Crippen molar-refractivity contribution in [1.82, 2.24) is 9.97 Å². The quantitative estimate of drug-likeness (QED) is 0.299. The number of amidine groups is 1. The molecule has 0 saturated carbocycles. The number of aromatic nitrogens is 2. The van der Waals surface area contributed by atoms with Crippen LogP contribution in [-0.4, -0.2) is 21.0 Å². The molecule has 0 aliphatic heterocycles. The van der Waals surface area contributed by atoms with E-state index in [1.54, 1.807) is 12.3 Å². The lowest BCUT2D eigenvalue weighted by atomic mass is 9.87. The van der Waals surface area contributed by atoms with Crippen molar-refractivity contribution in [3.8, 4) is 0 Å². The summed E-state index contributed by atoms with van der Waals surface area (Å²) in [7, 11) is 0. The van der Waals surface area contributed by atoms with Crippen molar-refractivity contribution in [2.45, 2.75) is 36.2 Å². The van der Waals surface area contributed by atoms with Gasteiger partial charge in [0.1, 0.15) is 5.69 Å². The first-order valence-corrected chi connectivity index (χ1v) is 7.31. The summed E-state index contributed by atoms with van der Waals surface area (Å²) in [6.07, 6.45) is 1.59. The maximum atomic E-state index is 8.67. The molecule has 0 atom stereocenters. The molecule has 5 nitrogen and oxygen atoms in total. The van der Waals surface area contributed by atoms with Crippen LogP contribution in [0.2, 0.25) is 0 Å². The molecule has 2 rings (SSSR count). The molecule has 1 aromatic heterocycles. The zero-order valence-corrected chi connectivity index (χ0v) is 13.1. The molecule has 1 heterocycles. The summed E-state index contributed by atoms with van der Waals surface area (Å²) in [5.74, 6) is -0.0256. The van der Waals surface area contributed by atoms with E-state index in [1.807, 2.05) is 12.1 Å². The molecule has 110 valence electrons. The Morgan fingerprint density at radius 3 is 2.43 bits per heavy atom. The molecule has 6 heteroatoms. The van der Waals surface area contributed by atoms with Crippen LogP contribution >= 0.6 is 11.8 Å². The monoisotopic (exact) mass is 302 g/mol. The van der Waals surface area contributed by atoms with Gasteiger partial charge in [-0.25, -0.2) is 9.97 Å². The van der Waals surface area contributed by atoms with E-state index in [0.717, 1.165) is 4.90 Å². The van der Waals surface area contributed by atoms with Gasteiger partial charge in [0.15, 0.2) is 11.0 Å². The van der Waals surface area contributed by atoms with Crippen molar-refractivity contribution in [1.29, 1.82) is 0 Å². The number of nitrogens with zero attached hydrogens (tertiary/aromatic N) is 3. The molecule has 1 aromatic carbocycles. The average molecular weight is 302 g/mol. The molecule has 21 heavy (non-hydrogen) atoms. The lowest BCUT2D eigenvalue weighted by molar-refractivity contribution is 0.318. The average Bonchev–Trinajstić information content (AvgIpc) is 2.46. The van der Waals surface area contributed by atoms with Gasteiger partial charge < -0.3 is 10.9 Å². The van der Waals surface area contributed by atoms with Crippen LogP contribution < -0.4 is 5.73 Å². The van der Waals surface area contributed by atoms with Crippen LogP contribution in [-0.2, 0) is 5.41 Å². The van der Waals surface area contributed by atoms with Gasteiger partial charge in [0.2, 0.25) is 0 Å². The molecule has 0 aliphatic rings. The van der Waals surface area contributed by atoms with Gasteiger partial charge >= 0.3 is 0 Å². The molecule has 0 unspecified atom stereocenters. The van der Waals surface area contributed by atoms with Gasteiger partial charge in [0.05, 0.1) is 0 Å². The second-order valence-corrected chi connectivity index (χ2v) is 6.63. The Morgan fingerprint density at radius 2 is 1.86 bits per heavy atom. The van der Waals surface area contributed by atoms with Crippen LogP contribution in [0.4, 0.5) is 0 Å². The molecule has 0 bridgehead atoms. The number of rotatable bonds is 3. The van der Waals surface area contributed by atoms with Crippen LogP contribution in [0.25, 0.3) is 0 Å². The van der Waals surface area contributed by atoms with Crippen LogP contribution in [0.5, 0.6) is 0 Å². The molecule has 2 aromatic rings. The molecule has 0 saturated heterocycles. The van der Waals surface area contributed by atoms with Crippen LogP contribution in [0.15, 0.2) is 51.7 Å². The molecule has 0 aliphatic carbocycles. The van der Waals surface area contributed by atoms with E-state index < -0.39 is 0 Å². The summed E-state index contributed by atoms with van der Waals surface area (Å²) < 4.78 is 0. The van der Waals surface area contributed by atoms with Crippen LogP contribution in [0.3, 0.4) is 0 Å². The topological polar surface area (TPSA) is 84.4 Å². The van der Waals surface area contributed by atoms with E-state index in [0.29, 0.717) is 10.9 Å². The fourth-order valence-corrected chi connectivity index (χ4v) is 2.45. The van der Waals surface area contributed by atoms with E-state index in [4.69, 9.17) is 10.9 Å². The first kappa shape index (κ1) is 15.3. The van der Waals surface area contributed by atoms with Crippen LogP contribution in [0, 0.1) is 0 Å². The number of nitrogens with two attached hydrogens (primary N) is 1. The Hall–Kier alpha value is -2.08. The van der Waals surface area contributed by atoms with Gasteiger partial charge in [-0.2, -0.15) is 0 Å². The minimum absolute atomic E-state index is 0.0256. The normalized spacial score (nSPS) is 12.4. The molecule has 0 radical (unpaired) electrons. The van der Waals surface area contributed by atoms with Crippen molar-refractivity contribution < 1.29 is 5.21 Å².